The fourth-order valence-electron chi connectivity index (χ4n) is 7.37. The summed E-state index contributed by atoms with van der Waals surface area (Å²) in [6.07, 6.45) is 11.6. The van der Waals surface area contributed by atoms with E-state index in [2.05, 4.69) is 130 Å². The van der Waals surface area contributed by atoms with E-state index in [0.29, 0.717) is 5.56 Å². The normalized spacial score (nSPS) is 11.4. The maximum Gasteiger partial charge on any atom is 0.263 e. The van der Waals surface area contributed by atoms with E-state index in [0.717, 1.165) is 79.2 Å². The fourth-order valence-corrected chi connectivity index (χ4v) is 7.37. The standard InChI is InChI=1S/C43H36N2O.C2H6/c1-7-16-32-30(10-4)39-26-28(44(12-6)23-8-2)25-38(41(39)35-18-14-13-17-33(32)35)27-21-22-34-37-20-15-19-36-29(9-3)31(11-5)43(46)45(42(36)37)40(34)24-27;1-2/h7-11,13-22,24-26H,2-5,12,23H2,1,6H3;1-2H3/b16-7-;. The van der Waals surface area contributed by atoms with Crippen molar-refractivity contribution in [2.45, 2.75) is 27.7 Å². The molecule has 5 aromatic carbocycles. The molecule has 238 valence electrons. The van der Waals surface area contributed by atoms with Gasteiger partial charge in [-0.1, -0.05) is 125 Å². The minimum absolute atomic E-state index is 0.0853. The number of fused-ring (bicyclic) bond motifs is 6. The number of likely N-dealkylation sites (N-methyl/N-ethyl adjacent to an activating group) is 1. The number of aromatic nitrogens is 1. The third-order valence-corrected chi connectivity index (χ3v) is 9.35. The summed E-state index contributed by atoms with van der Waals surface area (Å²) >= 11 is 0. The molecular formula is C45H42N2O. The predicted molar refractivity (Wildman–Crippen MR) is 215 cm³/mol. The number of para-hydroxylation sites is 1. The molecule has 0 aliphatic rings. The Morgan fingerprint density at radius 1 is 0.708 bits per heavy atom. The zero-order valence-electron chi connectivity index (χ0n) is 28.4. The zero-order chi connectivity index (χ0) is 34.1. The monoisotopic (exact) mass is 626 g/mol. The summed E-state index contributed by atoms with van der Waals surface area (Å²) in [6.45, 7) is 26.1. The molecule has 0 atom stereocenters. The molecule has 0 saturated carbocycles. The summed E-state index contributed by atoms with van der Waals surface area (Å²) in [4.78, 5) is 16.4. The van der Waals surface area contributed by atoms with Crippen molar-refractivity contribution in [1.82, 2.24) is 4.40 Å². The first-order valence-corrected chi connectivity index (χ1v) is 16.8. The highest BCUT2D eigenvalue weighted by Crippen LogP contribution is 2.44. The Kier molecular flexibility index (Phi) is 8.88. The van der Waals surface area contributed by atoms with Gasteiger partial charge in [0, 0.05) is 40.5 Å². The molecule has 0 aliphatic heterocycles. The summed E-state index contributed by atoms with van der Waals surface area (Å²) in [6, 6.07) is 26.0. The Hall–Kier alpha value is -5.67. The highest BCUT2D eigenvalue weighted by Gasteiger charge is 2.21. The highest BCUT2D eigenvalue weighted by atomic mass is 16.1. The van der Waals surface area contributed by atoms with Crippen molar-refractivity contribution in [3.8, 4) is 11.1 Å². The van der Waals surface area contributed by atoms with Crippen LogP contribution in [0.4, 0.5) is 5.69 Å². The minimum atomic E-state index is -0.0853. The van der Waals surface area contributed by atoms with Crippen LogP contribution in [0.25, 0.3) is 84.2 Å². The smallest absolute Gasteiger partial charge is 0.263 e. The van der Waals surface area contributed by atoms with Gasteiger partial charge in [0.1, 0.15) is 0 Å². The van der Waals surface area contributed by atoms with Gasteiger partial charge in [-0.3, -0.25) is 9.20 Å². The van der Waals surface area contributed by atoms with Gasteiger partial charge in [0.25, 0.3) is 5.56 Å². The average Bonchev–Trinajstić information content (AvgIpc) is 3.47. The van der Waals surface area contributed by atoms with Crippen LogP contribution < -0.4 is 10.5 Å². The molecule has 48 heavy (non-hydrogen) atoms. The number of nitrogens with zero attached hydrogens (tertiary/aromatic N) is 2. The molecule has 0 N–H and O–H groups in total. The van der Waals surface area contributed by atoms with Crippen molar-refractivity contribution >= 4 is 78.7 Å². The molecule has 2 heterocycles. The maximum absolute atomic E-state index is 14.1. The Balaban J connectivity index is 0.00000197. The van der Waals surface area contributed by atoms with Crippen LogP contribution in [0.15, 0.2) is 116 Å². The van der Waals surface area contributed by atoms with Crippen molar-refractivity contribution in [3.05, 3.63) is 144 Å². The van der Waals surface area contributed by atoms with Crippen LogP contribution >= 0.6 is 0 Å². The van der Waals surface area contributed by atoms with Gasteiger partial charge in [0.05, 0.1) is 11.0 Å². The van der Waals surface area contributed by atoms with Gasteiger partial charge in [0.2, 0.25) is 0 Å². The van der Waals surface area contributed by atoms with Gasteiger partial charge < -0.3 is 4.90 Å². The Bertz CT molecular complexity index is 2490. The summed E-state index contributed by atoms with van der Waals surface area (Å²) < 4.78 is 1.87. The highest BCUT2D eigenvalue weighted by molar-refractivity contribution is 6.22. The molecule has 0 fully saturated rings. The van der Waals surface area contributed by atoms with E-state index >= 15 is 0 Å². The fraction of sp³-hybridized carbons (Fsp3) is 0.133. The molecule has 7 aromatic rings. The van der Waals surface area contributed by atoms with E-state index < -0.39 is 0 Å². The number of hydrogen-bond acceptors (Lipinski definition) is 2. The Labute approximate surface area is 283 Å². The van der Waals surface area contributed by atoms with Crippen molar-refractivity contribution in [2.75, 3.05) is 18.0 Å². The summed E-state index contributed by atoms with van der Waals surface area (Å²) in [5.41, 5.74) is 8.62. The van der Waals surface area contributed by atoms with Gasteiger partial charge in [-0.05, 0) is 81.4 Å². The number of rotatable bonds is 9. The summed E-state index contributed by atoms with van der Waals surface area (Å²) in [5, 5.41) is 7.75. The second-order valence-corrected chi connectivity index (χ2v) is 11.6. The molecule has 0 unspecified atom stereocenters. The van der Waals surface area contributed by atoms with E-state index in [1.165, 1.54) is 16.2 Å². The Morgan fingerprint density at radius 2 is 1.38 bits per heavy atom. The third kappa shape index (κ3) is 4.77. The van der Waals surface area contributed by atoms with Crippen molar-refractivity contribution in [1.29, 1.82) is 0 Å². The molecule has 0 saturated heterocycles. The first-order valence-electron chi connectivity index (χ1n) is 16.8. The van der Waals surface area contributed by atoms with Crippen LogP contribution in [-0.2, 0) is 0 Å². The molecule has 0 amide bonds. The Morgan fingerprint density at radius 3 is 2.04 bits per heavy atom. The largest absolute Gasteiger partial charge is 0.368 e. The predicted octanol–water partition coefficient (Wildman–Crippen LogP) is 12.0. The summed E-state index contributed by atoms with van der Waals surface area (Å²) in [7, 11) is 0. The molecule has 0 aliphatic carbocycles. The van der Waals surface area contributed by atoms with Crippen LogP contribution in [0.5, 0.6) is 0 Å². The molecule has 0 bridgehead atoms. The van der Waals surface area contributed by atoms with E-state index in [-0.39, 0.29) is 5.56 Å². The molecule has 0 radical (unpaired) electrons. The van der Waals surface area contributed by atoms with Crippen molar-refractivity contribution in [2.24, 2.45) is 0 Å². The zero-order valence-corrected chi connectivity index (χ0v) is 28.4. The quantitative estimate of drug-likeness (QED) is 0.118. The molecule has 3 heteroatoms. The SMILES string of the molecule is C=CCN(CC)c1cc(-c2ccc3c4cccc5c(C=C)c(C=C)c(=O)n(c3c2)c54)c2c(c1)c(C=C)c(/C=C\C)c1ccccc12.CC. The van der Waals surface area contributed by atoms with E-state index in [4.69, 9.17) is 0 Å². The molecule has 7 rings (SSSR count). The van der Waals surface area contributed by atoms with Gasteiger partial charge >= 0.3 is 0 Å². The van der Waals surface area contributed by atoms with Crippen LogP contribution in [0.3, 0.4) is 0 Å². The number of hydrogen-bond donors (Lipinski definition) is 0. The first kappa shape index (κ1) is 32.3. The first-order chi connectivity index (χ1) is 23.5. The average molecular weight is 627 g/mol. The lowest BCUT2D eigenvalue weighted by atomic mass is 9.86. The molecule has 2 aromatic heterocycles. The van der Waals surface area contributed by atoms with Gasteiger partial charge in [0.15, 0.2) is 0 Å². The van der Waals surface area contributed by atoms with Crippen LogP contribution in [0.1, 0.15) is 49.9 Å². The number of benzene rings is 5. The number of allylic oxidation sites excluding steroid dienone is 1. The minimum Gasteiger partial charge on any atom is -0.368 e. The molecule has 3 nitrogen and oxygen atoms in total. The van der Waals surface area contributed by atoms with Crippen LogP contribution in [-0.4, -0.2) is 17.5 Å². The van der Waals surface area contributed by atoms with E-state index in [1.807, 2.05) is 30.4 Å². The van der Waals surface area contributed by atoms with Crippen LogP contribution in [0, 0.1) is 0 Å². The molecule has 0 spiro atoms. The third-order valence-electron chi connectivity index (χ3n) is 9.35. The van der Waals surface area contributed by atoms with E-state index in [9.17, 15) is 4.79 Å². The lowest BCUT2D eigenvalue weighted by Crippen LogP contribution is -2.22. The second kappa shape index (κ2) is 13.2. The maximum atomic E-state index is 14.1. The molecular weight excluding hydrogens is 585 g/mol. The van der Waals surface area contributed by atoms with Gasteiger partial charge in [-0.15, -0.1) is 6.58 Å². The van der Waals surface area contributed by atoms with Crippen molar-refractivity contribution < 1.29 is 0 Å². The van der Waals surface area contributed by atoms with Gasteiger partial charge in [-0.25, -0.2) is 0 Å². The number of pyridine rings is 1. The second-order valence-electron chi connectivity index (χ2n) is 11.6. The topological polar surface area (TPSA) is 24.7 Å². The van der Waals surface area contributed by atoms with Gasteiger partial charge in [-0.2, -0.15) is 0 Å². The number of anilines is 1. The lowest BCUT2D eigenvalue weighted by molar-refractivity contribution is 0.908. The van der Waals surface area contributed by atoms with Crippen molar-refractivity contribution in [3.63, 3.8) is 0 Å². The lowest BCUT2D eigenvalue weighted by Gasteiger charge is -2.25. The van der Waals surface area contributed by atoms with Crippen LogP contribution in [0.2, 0.25) is 0 Å². The summed E-state index contributed by atoms with van der Waals surface area (Å²) in [5.74, 6) is 0. The van der Waals surface area contributed by atoms with E-state index in [1.54, 1.807) is 12.2 Å².